The molecule has 1 aliphatic rings. The van der Waals surface area contributed by atoms with Gasteiger partial charge >= 0.3 is 0 Å². The van der Waals surface area contributed by atoms with Crippen LogP contribution in [0.4, 0.5) is 0 Å². The maximum atomic E-state index is 5.69. The Labute approximate surface area is 123 Å². The van der Waals surface area contributed by atoms with E-state index in [0.29, 0.717) is 0 Å². The molecule has 0 spiro atoms. The Morgan fingerprint density at radius 1 is 1.25 bits per heavy atom. The van der Waals surface area contributed by atoms with Gasteiger partial charge in [0.05, 0.1) is 12.8 Å². The average Bonchev–Trinajstić information content (AvgIpc) is 2.89. The number of nitrogens with zero attached hydrogens (tertiary/aromatic N) is 1. The van der Waals surface area contributed by atoms with E-state index in [4.69, 9.17) is 4.42 Å². The van der Waals surface area contributed by atoms with Crippen LogP contribution < -0.4 is 5.32 Å². The molecule has 0 unspecified atom stereocenters. The summed E-state index contributed by atoms with van der Waals surface area (Å²) in [5.41, 5.74) is 1.33. The first-order valence-electron chi connectivity index (χ1n) is 8.31. The van der Waals surface area contributed by atoms with Gasteiger partial charge in [-0.2, -0.15) is 0 Å². The molecule has 2 heterocycles. The Kier molecular flexibility index (Phi) is 6.61. The molecule has 3 heteroatoms. The van der Waals surface area contributed by atoms with Gasteiger partial charge in [-0.05, 0) is 50.9 Å². The molecule has 1 aromatic heterocycles. The highest BCUT2D eigenvalue weighted by Crippen LogP contribution is 2.23. The number of likely N-dealkylation sites (tertiary alicyclic amines) is 1. The summed E-state index contributed by atoms with van der Waals surface area (Å²) >= 11 is 0. The summed E-state index contributed by atoms with van der Waals surface area (Å²) in [7, 11) is 0. The molecule has 1 N–H and O–H groups in total. The summed E-state index contributed by atoms with van der Waals surface area (Å²) in [5, 5.41) is 3.46. The van der Waals surface area contributed by atoms with E-state index >= 15 is 0 Å². The van der Waals surface area contributed by atoms with E-state index in [1.165, 1.54) is 50.8 Å². The van der Waals surface area contributed by atoms with E-state index in [9.17, 15) is 0 Å². The molecule has 114 valence electrons. The SMILES string of the molecule is CCCNCc1ccoc1CN1CCC(CCC)CC1. The van der Waals surface area contributed by atoms with Crippen molar-refractivity contribution in [2.24, 2.45) is 5.92 Å². The van der Waals surface area contributed by atoms with Crippen LogP contribution in [0.15, 0.2) is 16.7 Å². The van der Waals surface area contributed by atoms with Gasteiger partial charge in [-0.3, -0.25) is 4.90 Å². The minimum Gasteiger partial charge on any atom is -0.468 e. The molecule has 0 radical (unpaired) electrons. The molecule has 1 aliphatic heterocycles. The van der Waals surface area contributed by atoms with Gasteiger partial charge in [0.1, 0.15) is 5.76 Å². The molecule has 1 fully saturated rings. The van der Waals surface area contributed by atoms with E-state index in [2.05, 4.69) is 30.1 Å². The summed E-state index contributed by atoms with van der Waals surface area (Å²) in [6, 6.07) is 2.11. The molecule has 1 saturated heterocycles. The molecule has 2 rings (SSSR count). The smallest absolute Gasteiger partial charge is 0.122 e. The highest BCUT2D eigenvalue weighted by atomic mass is 16.3. The highest BCUT2D eigenvalue weighted by Gasteiger charge is 2.20. The van der Waals surface area contributed by atoms with Crippen molar-refractivity contribution in [3.63, 3.8) is 0 Å². The fourth-order valence-electron chi connectivity index (χ4n) is 3.11. The van der Waals surface area contributed by atoms with Gasteiger partial charge in [-0.15, -0.1) is 0 Å². The number of hydrogen-bond donors (Lipinski definition) is 1. The lowest BCUT2D eigenvalue weighted by Crippen LogP contribution is -2.33. The van der Waals surface area contributed by atoms with E-state index in [-0.39, 0.29) is 0 Å². The van der Waals surface area contributed by atoms with Crippen LogP contribution in [-0.4, -0.2) is 24.5 Å². The molecule has 0 aliphatic carbocycles. The zero-order chi connectivity index (χ0) is 14.2. The van der Waals surface area contributed by atoms with Gasteiger partial charge in [0, 0.05) is 12.1 Å². The lowest BCUT2D eigenvalue weighted by molar-refractivity contribution is 0.161. The summed E-state index contributed by atoms with van der Waals surface area (Å²) in [6.45, 7) is 9.95. The molecule has 0 saturated carbocycles. The highest BCUT2D eigenvalue weighted by molar-refractivity contribution is 5.16. The molecule has 3 nitrogen and oxygen atoms in total. The number of nitrogens with one attached hydrogen (secondary N) is 1. The van der Waals surface area contributed by atoms with Crippen molar-refractivity contribution >= 4 is 0 Å². The van der Waals surface area contributed by atoms with Gasteiger partial charge in [0.15, 0.2) is 0 Å². The molecule has 1 aromatic rings. The quantitative estimate of drug-likeness (QED) is 0.733. The lowest BCUT2D eigenvalue weighted by Gasteiger charge is -2.31. The largest absolute Gasteiger partial charge is 0.468 e. The Balaban J connectivity index is 1.78. The van der Waals surface area contributed by atoms with Crippen LogP contribution in [0.5, 0.6) is 0 Å². The van der Waals surface area contributed by atoms with Crippen molar-refractivity contribution in [3.8, 4) is 0 Å². The third kappa shape index (κ3) is 4.64. The van der Waals surface area contributed by atoms with E-state index in [1.54, 1.807) is 0 Å². The van der Waals surface area contributed by atoms with Crippen molar-refractivity contribution in [1.29, 1.82) is 0 Å². The minimum atomic E-state index is 0.936. The topological polar surface area (TPSA) is 28.4 Å². The number of piperidine rings is 1. The monoisotopic (exact) mass is 278 g/mol. The average molecular weight is 278 g/mol. The van der Waals surface area contributed by atoms with Crippen LogP contribution in [-0.2, 0) is 13.1 Å². The minimum absolute atomic E-state index is 0.936. The number of furan rings is 1. The summed E-state index contributed by atoms with van der Waals surface area (Å²) < 4.78 is 5.69. The Bertz CT molecular complexity index is 367. The van der Waals surface area contributed by atoms with Gasteiger partial charge in [0.25, 0.3) is 0 Å². The van der Waals surface area contributed by atoms with Crippen LogP contribution in [0, 0.1) is 5.92 Å². The zero-order valence-electron chi connectivity index (χ0n) is 13.2. The fraction of sp³-hybridized carbons (Fsp3) is 0.765. The maximum Gasteiger partial charge on any atom is 0.122 e. The molecule has 0 amide bonds. The van der Waals surface area contributed by atoms with Crippen molar-refractivity contribution < 1.29 is 4.42 Å². The van der Waals surface area contributed by atoms with Gasteiger partial charge in [0.2, 0.25) is 0 Å². The lowest BCUT2D eigenvalue weighted by atomic mass is 9.92. The predicted octanol–water partition coefficient (Wildman–Crippen LogP) is 3.79. The van der Waals surface area contributed by atoms with Gasteiger partial charge in [-0.25, -0.2) is 0 Å². The van der Waals surface area contributed by atoms with Crippen LogP contribution in [0.1, 0.15) is 57.3 Å². The van der Waals surface area contributed by atoms with Crippen LogP contribution in [0.2, 0.25) is 0 Å². The Morgan fingerprint density at radius 2 is 2.05 bits per heavy atom. The molecule has 20 heavy (non-hydrogen) atoms. The standard InChI is InChI=1S/C17H30N2O/c1-3-5-15-6-10-19(11-7-15)14-17-16(8-12-20-17)13-18-9-4-2/h8,12,15,18H,3-7,9-11,13-14H2,1-2H3. The van der Waals surface area contributed by atoms with Crippen molar-refractivity contribution in [3.05, 3.63) is 23.7 Å². The number of rotatable bonds is 8. The van der Waals surface area contributed by atoms with Gasteiger partial charge in [-0.1, -0.05) is 26.7 Å². The van der Waals surface area contributed by atoms with Crippen molar-refractivity contribution in [2.75, 3.05) is 19.6 Å². The Morgan fingerprint density at radius 3 is 2.75 bits per heavy atom. The third-order valence-corrected chi connectivity index (χ3v) is 4.35. The first-order valence-corrected chi connectivity index (χ1v) is 8.31. The molecule has 0 bridgehead atoms. The normalized spacial score (nSPS) is 17.7. The molecular weight excluding hydrogens is 248 g/mol. The first-order chi connectivity index (χ1) is 9.83. The van der Waals surface area contributed by atoms with E-state index in [0.717, 1.165) is 31.3 Å². The van der Waals surface area contributed by atoms with Crippen LogP contribution in [0.3, 0.4) is 0 Å². The summed E-state index contributed by atoms with van der Waals surface area (Å²) in [5.74, 6) is 2.11. The maximum absolute atomic E-state index is 5.69. The van der Waals surface area contributed by atoms with Crippen molar-refractivity contribution in [2.45, 2.75) is 59.0 Å². The van der Waals surface area contributed by atoms with Crippen LogP contribution >= 0.6 is 0 Å². The summed E-state index contributed by atoms with van der Waals surface area (Å²) in [4.78, 5) is 2.55. The van der Waals surface area contributed by atoms with E-state index in [1.807, 2.05) is 6.26 Å². The fourth-order valence-corrected chi connectivity index (χ4v) is 3.11. The third-order valence-electron chi connectivity index (χ3n) is 4.35. The van der Waals surface area contributed by atoms with Gasteiger partial charge < -0.3 is 9.73 Å². The molecular formula is C17H30N2O. The zero-order valence-corrected chi connectivity index (χ0v) is 13.2. The second kappa shape index (κ2) is 8.48. The molecule has 0 aromatic carbocycles. The first kappa shape index (κ1) is 15.6. The van der Waals surface area contributed by atoms with E-state index < -0.39 is 0 Å². The second-order valence-corrected chi connectivity index (χ2v) is 6.05. The number of hydrogen-bond acceptors (Lipinski definition) is 3. The summed E-state index contributed by atoms with van der Waals surface area (Å²) in [6.07, 6.45) is 8.47. The predicted molar refractivity (Wildman–Crippen MR) is 83.6 cm³/mol. The van der Waals surface area contributed by atoms with Crippen molar-refractivity contribution in [1.82, 2.24) is 10.2 Å². The second-order valence-electron chi connectivity index (χ2n) is 6.05. The molecule has 0 atom stereocenters. The Hall–Kier alpha value is -0.800. The van der Waals surface area contributed by atoms with Crippen LogP contribution in [0.25, 0.3) is 0 Å².